The van der Waals surface area contributed by atoms with Gasteiger partial charge < -0.3 is 64.2 Å². The molecule has 4 amide bonds. The number of amides is 4. The van der Waals surface area contributed by atoms with E-state index in [1.165, 1.54) is 6.92 Å². The predicted molar refractivity (Wildman–Crippen MR) is 596 cm³/mol. The Morgan fingerprint density at radius 3 is 1.10 bits per heavy atom. The molecule has 1 rings (SSSR count). The number of rotatable bonds is 64. The van der Waals surface area contributed by atoms with Crippen LogP contribution >= 0.6 is 159 Å². The molecule has 0 spiro atoms. The third-order valence-corrected chi connectivity index (χ3v) is 18.1. The Morgan fingerprint density at radius 2 is 0.719 bits per heavy atom. The molecule has 0 aromatic rings. The van der Waals surface area contributed by atoms with Crippen LogP contribution in [-0.4, -0.2) is 306 Å². The molecule has 48 heteroatoms. The lowest BCUT2D eigenvalue weighted by Gasteiger charge is -2.32. The summed E-state index contributed by atoms with van der Waals surface area (Å²) in [5, 5.41) is 27.5. The number of aliphatic hydroxyl groups excluding tert-OH is 2. The lowest BCUT2D eigenvalue weighted by atomic mass is 9.86. The molecule has 852 valence electrons. The Bertz CT molecular complexity index is 3830. The number of halogens is 10. The van der Waals surface area contributed by atoms with Crippen molar-refractivity contribution in [3.8, 4) is 0 Å². The summed E-state index contributed by atoms with van der Waals surface area (Å²) in [4.78, 5) is 196. The van der Waals surface area contributed by atoms with E-state index in [1.54, 1.807) is 88.0 Å². The van der Waals surface area contributed by atoms with E-state index in [4.69, 9.17) is 96.8 Å². The fourth-order valence-corrected chi connectivity index (χ4v) is 8.76. The summed E-state index contributed by atoms with van der Waals surface area (Å²) in [6.07, 6.45) is 1.88. The van der Waals surface area contributed by atoms with Crippen molar-refractivity contribution < 1.29 is 165 Å². The Balaban J connectivity index is -0.000000305. The normalized spacial score (nSPS) is 14.0. The van der Waals surface area contributed by atoms with Crippen molar-refractivity contribution in [3.63, 3.8) is 0 Å². The summed E-state index contributed by atoms with van der Waals surface area (Å²) in [5.74, 6) is -3.51. The average Bonchev–Trinajstić information content (AvgIpc) is 0.858. The summed E-state index contributed by atoms with van der Waals surface area (Å²) < 4.78 is 31.1. The maximum absolute atomic E-state index is 12.1. The molecule has 0 aromatic carbocycles. The first-order valence-electron chi connectivity index (χ1n) is 46.0. The van der Waals surface area contributed by atoms with Gasteiger partial charge in [0, 0.05) is 102 Å². The Morgan fingerprint density at radius 1 is 0.363 bits per heavy atom. The van der Waals surface area contributed by atoms with Gasteiger partial charge in [-0.05, 0) is 225 Å². The van der Waals surface area contributed by atoms with E-state index in [9.17, 15) is 63.0 Å². The maximum Gasteiger partial charge on any atom is 0.333 e. The summed E-state index contributed by atoms with van der Waals surface area (Å²) in [7, 11) is 0. The van der Waals surface area contributed by atoms with Crippen molar-refractivity contribution in [3.05, 3.63) is 97.7 Å². The van der Waals surface area contributed by atoms with E-state index in [1.807, 2.05) is 96.9 Å². The molecule has 1 aliphatic rings. The van der Waals surface area contributed by atoms with Gasteiger partial charge in [0.2, 0.25) is 23.6 Å². The number of ether oxygens (including phenoxy) is 7. The minimum Gasteiger partial charge on any atom is -0.462 e. The van der Waals surface area contributed by atoms with Crippen LogP contribution in [0.3, 0.4) is 0 Å². The number of nitrogens with one attached hydrogen (secondary N) is 3. The van der Waals surface area contributed by atoms with Gasteiger partial charge in [-0.3, -0.25) is 24.0 Å². The van der Waals surface area contributed by atoms with Crippen molar-refractivity contribution >= 4 is 225 Å². The zero-order chi connectivity index (χ0) is 115. The minimum absolute atomic E-state index is 0.0323. The highest BCUT2D eigenvalue weighted by Gasteiger charge is 2.34. The van der Waals surface area contributed by atoms with Gasteiger partial charge in [0.15, 0.2) is 6.10 Å². The molecule has 0 aromatic heterocycles. The van der Waals surface area contributed by atoms with Crippen molar-refractivity contribution in [2.45, 2.75) is 287 Å². The van der Waals surface area contributed by atoms with Gasteiger partial charge in [-0.15, -0.1) is 0 Å². The highest BCUT2D eigenvalue weighted by Crippen LogP contribution is 2.29. The topological polar surface area (TPSA) is 461 Å². The second-order valence-corrected chi connectivity index (χ2v) is 59.3. The lowest BCUT2D eigenvalue weighted by Crippen LogP contribution is -2.39. The molecule has 0 saturated heterocycles. The SMILES string of the molecule is C=C(C)C(=O)N(CCOOCC(C)(C)Br)CCOOCC(C)(C)Br.C=C(C)C(=O)NCCOOCC(C)(C)Br.C=C(C)C(=O)OC1CCC(COOCC(C)(C)Br)CC1O.C=C(C)C(=O)OCC(COOCC(C)(C)Br)OOCC(C)(C)Br.C=C(C)C(=O)OCC(O)COOCC(C)(C)Br.C=C(C)C(=O)OCCCCNC(=O)C(C)(C)Br.C=C(C)C(=O)OCCNC(=O)C(C)(C)Br.C=CC(=O)OCCOC(=O)C(C)(C)Br. The second-order valence-electron chi connectivity index (χ2n) is 38.4. The van der Waals surface area contributed by atoms with E-state index in [0.29, 0.717) is 145 Å². The third-order valence-electron chi connectivity index (χ3n) is 15.4. The first-order valence-corrected chi connectivity index (χ1v) is 54.0. The fraction of sp³-hybridized carbons (Fsp3) is 0.724. The molecule has 5 atom stereocenters. The van der Waals surface area contributed by atoms with E-state index in [2.05, 4.69) is 233 Å². The number of aliphatic hydroxyl groups is 2. The largest absolute Gasteiger partial charge is 0.462 e. The van der Waals surface area contributed by atoms with Crippen LogP contribution in [0.2, 0.25) is 0 Å². The smallest absolute Gasteiger partial charge is 0.333 e. The zero-order valence-corrected chi connectivity index (χ0v) is 106. The van der Waals surface area contributed by atoms with Crippen molar-refractivity contribution in [2.75, 3.05) is 158 Å². The first kappa shape index (κ1) is 155. The number of carbonyl (C=O) groups is 11. The summed E-state index contributed by atoms with van der Waals surface area (Å²) in [6, 6.07) is 0. The molecule has 1 fully saturated rings. The quantitative estimate of drug-likeness (QED) is 0.00718. The molecule has 0 radical (unpaired) electrons. The number of unbranched alkanes of at least 4 members (excludes halogenated alkanes) is 1. The molecule has 0 heterocycles. The molecular weight excluding hydrogens is 2580 g/mol. The van der Waals surface area contributed by atoms with E-state index >= 15 is 0 Å². The van der Waals surface area contributed by atoms with E-state index in [0.717, 1.165) is 25.3 Å². The van der Waals surface area contributed by atoms with Crippen molar-refractivity contribution in [1.29, 1.82) is 0 Å². The van der Waals surface area contributed by atoms with Gasteiger partial charge in [-0.2, -0.15) is 0 Å². The van der Waals surface area contributed by atoms with Crippen molar-refractivity contribution in [2.24, 2.45) is 5.92 Å². The molecule has 146 heavy (non-hydrogen) atoms. The van der Waals surface area contributed by atoms with Crippen LogP contribution in [0, 0.1) is 5.92 Å². The number of hydrogen-bond donors (Lipinski definition) is 5. The van der Waals surface area contributed by atoms with Crippen LogP contribution < -0.4 is 16.0 Å². The molecule has 1 saturated carbocycles. The van der Waals surface area contributed by atoms with Crippen LogP contribution in [0.15, 0.2) is 97.7 Å². The average molecular weight is 2740 g/mol. The Labute approximate surface area is 950 Å². The highest BCUT2D eigenvalue weighted by molar-refractivity contribution is 9.11. The zero-order valence-electron chi connectivity index (χ0n) is 90.3. The standard InChI is InChI=1S/C16H29Br2NO5.C15H26Br2O6.C15H25BrO5.C12H20BrNO3.C11H19BrO5.C10H18BrNO3.C10H16BrNO3.C9H13BrO4/c1-13(2)14(20)19(7-9-21-23-11-15(3,4)17)8-10-22-24-12-16(5,6)18;1-11(2)13(18)19-7-12(23-22-10-15(5,6)17)8-20-21-9-14(3,4)16;1-10(2)14(18)21-13-6-5-11(7-12(13)17)8-19-20-9-15(3,4)16;1-9(2)10(15)17-8-6-5-7-14-11(16)12(3,4)13;1-8(2)10(14)15-5-9(13)6-16-17-7-11(3,4)12;1-8(2)9(13)12-5-6-14-15-7-10(3,4)11;1-7(2)8(13)15-6-5-12-9(14)10(3,4)11;1-4-7(11)13-5-6-14-8(12)9(2,3)10/h1,7-12H2,2-6H3;12H,1,7-10H2,2-6H3;11-13,17H,1,5-9H2,2-4H3;1,5-8H2,2-4H3,(H,14,16);9,13H,1,5-7H2,2-4H3;1,5-7H2,2-4H3,(H,12,13);1,5-6H2,2-4H3,(H,12,14);4H,1,5-6H2,2-3H3. The second kappa shape index (κ2) is 83.6. The number of esters is 7. The minimum atomic E-state index is -0.920. The highest BCUT2D eigenvalue weighted by atomic mass is 79.9. The number of carbonyl (C=O) groups excluding carboxylic acids is 11. The van der Waals surface area contributed by atoms with Gasteiger partial charge in [-0.25, -0.2) is 97.2 Å². The Kier molecular flexibility index (Phi) is 88.9. The molecule has 0 bridgehead atoms. The summed E-state index contributed by atoms with van der Waals surface area (Å²) in [6.45, 7) is 83.2. The van der Waals surface area contributed by atoms with Crippen LogP contribution in [0.25, 0.3) is 0 Å². The molecule has 1 aliphatic carbocycles. The van der Waals surface area contributed by atoms with Gasteiger partial charge in [0.05, 0.1) is 101 Å². The molecule has 5 N–H and O–H groups in total. The van der Waals surface area contributed by atoms with Gasteiger partial charge in [0.25, 0.3) is 0 Å². The van der Waals surface area contributed by atoms with Crippen LogP contribution in [0.1, 0.15) is 219 Å². The van der Waals surface area contributed by atoms with Gasteiger partial charge in [-0.1, -0.05) is 212 Å². The first-order chi connectivity index (χ1) is 66.4. The predicted octanol–water partition coefficient (Wildman–Crippen LogP) is 18.5. The van der Waals surface area contributed by atoms with Gasteiger partial charge >= 0.3 is 41.8 Å². The van der Waals surface area contributed by atoms with E-state index in [-0.39, 0.29) is 131 Å². The number of alkyl halides is 10. The molecular formula is C98H166Br10N4O34. The number of hydrogen-bond acceptors (Lipinski definition) is 34. The van der Waals surface area contributed by atoms with Crippen LogP contribution in [-0.2, 0) is 154 Å². The lowest BCUT2D eigenvalue weighted by molar-refractivity contribution is -0.371. The Hall–Kier alpha value is -3.75. The molecule has 0 aliphatic heterocycles. The molecule has 5 unspecified atom stereocenters. The van der Waals surface area contributed by atoms with Crippen LogP contribution in [0.4, 0.5) is 0 Å². The van der Waals surface area contributed by atoms with E-state index < -0.39 is 73.2 Å². The maximum atomic E-state index is 12.1. The fourth-order valence-electron chi connectivity index (χ4n) is 7.71. The number of nitrogens with zero attached hydrogens (tertiary/aromatic N) is 1. The summed E-state index contributed by atoms with van der Waals surface area (Å²) in [5.41, 5.74) is 2.64. The van der Waals surface area contributed by atoms with Crippen LogP contribution in [0.5, 0.6) is 0 Å². The van der Waals surface area contributed by atoms with Crippen molar-refractivity contribution in [1.82, 2.24) is 20.9 Å². The van der Waals surface area contributed by atoms with Gasteiger partial charge in [0.1, 0.15) is 62.8 Å². The monoisotopic (exact) mass is 2730 g/mol. The summed E-state index contributed by atoms with van der Waals surface area (Å²) >= 11 is 33.6. The molecule has 38 nitrogen and oxygen atoms in total. The third kappa shape index (κ3) is 110.